The highest BCUT2D eigenvalue weighted by atomic mass is 16.2. The van der Waals surface area contributed by atoms with Crippen LogP contribution in [0.3, 0.4) is 0 Å². The third kappa shape index (κ3) is 4.46. The van der Waals surface area contributed by atoms with Crippen molar-refractivity contribution in [2.45, 2.75) is 96.7 Å². The van der Waals surface area contributed by atoms with Crippen LogP contribution in [0.2, 0.25) is 0 Å². The number of rotatable bonds is 3. The molecule has 0 saturated heterocycles. The van der Waals surface area contributed by atoms with Gasteiger partial charge in [-0.1, -0.05) is 25.7 Å². The zero-order valence-electron chi connectivity index (χ0n) is 16.4. The predicted octanol–water partition coefficient (Wildman–Crippen LogP) is 3.20. The van der Waals surface area contributed by atoms with E-state index in [4.69, 9.17) is 0 Å². The van der Waals surface area contributed by atoms with Crippen molar-refractivity contribution >= 4 is 11.8 Å². The Bertz CT molecular complexity index is 664. The first-order valence-corrected chi connectivity index (χ1v) is 10.1. The SMILES string of the molecule is CC(C)(C)NC(=O)c1nc(C(=O)NC2CCCCCC2)c2n1CCCC2. The molecule has 3 rings (SSSR count). The third-order valence-electron chi connectivity index (χ3n) is 5.21. The highest BCUT2D eigenvalue weighted by Crippen LogP contribution is 2.23. The van der Waals surface area contributed by atoms with Gasteiger partial charge in [0, 0.05) is 18.1 Å². The number of amides is 2. The minimum absolute atomic E-state index is 0.114. The van der Waals surface area contributed by atoms with Crippen LogP contribution in [0.5, 0.6) is 0 Å². The lowest BCUT2D eigenvalue weighted by molar-refractivity contribution is 0.0903. The van der Waals surface area contributed by atoms with Crippen molar-refractivity contribution in [2.24, 2.45) is 0 Å². The monoisotopic (exact) mass is 360 g/mol. The molecule has 1 aromatic heterocycles. The van der Waals surface area contributed by atoms with Gasteiger partial charge >= 0.3 is 0 Å². The van der Waals surface area contributed by atoms with E-state index < -0.39 is 0 Å². The molecule has 1 aliphatic heterocycles. The van der Waals surface area contributed by atoms with Crippen LogP contribution in [-0.4, -0.2) is 32.9 Å². The van der Waals surface area contributed by atoms with Gasteiger partial charge in [0.05, 0.1) is 5.69 Å². The molecule has 2 amide bonds. The van der Waals surface area contributed by atoms with Crippen molar-refractivity contribution < 1.29 is 9.59 Å². The summed E-state index contributed by atoms with van der Waals surface area (Å²) in [6.45, 7) is 6.60. The number of nitrogens with one attached hydrogen (secondary N) is 2. The minimum atomic E-state index is -0.332. The summed E-state index contributed by atoms with van der Waals surface area (Å²) in [6, 6.07) is 0.234. The maximum atomic E-state index is 12.9. The molecule has 0 bridgehead atoms. The van der Waals surface area contributed by atoms with Gasteiger partial charge in [0.2, 0.25) is 0 Å². The Balaban J connectivity index is 1.82. The van der Waals surface area contributed by atoms with Crippen molar-refractivity contribution in [3.63, 3.8) is 0 Å². The van der Waals surface area contributed by atoms with Crippen molar-refractivity contribution in [1.29, 1.82) is 0 Å². The largest absolute Gasteiger partial charge is 0.348 e. The van der Waals surface area contributed by atoms with E-state index in [1.807, 2.05) is 25.3 Å². The second kappa shape index (κ2) is 7.80. The number of aromatic nitrogens is 2. The number of carbonyl (C=O) groups excluding carboxylic acids is 2. The summed E-state index contributed by atoms with van der Waals surface area (Å²) >= 11 is 0. The van der Waals surface area contributed by atoms with E-state index in [2.05, 4.69) is 15.6 Å². The zero-order valence-corrected chi connectivity index (χ0v) is 16.4. The topological polar surface area (TPSA) is 76.0 Å². The highest BCUT2D eigenvalue weighted by molar-refractivity contribution is 5.97. The Labute approximate surface area is 156 Å². The van der Waals surface area contributed by atoms with Crippen molar-refractivity contribution in [1.82, 2.24) is 20.2 Å². The number of hydrogen-bond acceptors (Lipinski definition) is 3. The van der Waals surface area contributed by atoms with Crippen LogP contribution >= 0.6 is 0 Å². The van der Waals surface area contributed by atoms with Crippen LogP contribution in [0.1, 0.15) is 98.9 Å². The van der Waals surface area contributed by atoms with E-state index in [-0.39, 0.29) is 23.4 Å². The summed E-state index contributed by atoms with van der Waals surface area (Å²) in [6.07, 6.45) is 9.80. The van der Waals surface area contributed by atoms with Gasteiger partial charge in [-0.25, -0.2) is 4.98 Å². The lowest BCUT2D eigenvalue weighted by Crippen LogP contribution is -2.42. The molecule has 0 atom stereocenters. The summed E-state index contributed by atoms with van der Waals surface area (Å²) in [5, 5.41) is 6.15. The molecule has 0 spiro atoms. The summed E-state index contributed by atoms with van der Waals surface area (Å²) in [4.78, 5) is 30.1. The third-order valence-corrected chi connectivity index (χ3v) is 5.21. The number of nitrogens with zero attached hydrogens (tertiary/aromatic N) is 2. The molecule has 2 aliphatic rings. The normalized spacial score (nSPS) is 18.7. The number of fused-ring (bicyclic) bond motifs is 1. The second-order valence-corrected chi connectivity index (χ2v) is 8.71. The second-order valence-electron chi connectivity index (χ2n) is 8.71. The smallest absolute Gasteiger partial charge is 0.287 e. The average molecular weight is 361 g/mol. The molecule has 6 heteroatoms. The Morgan fingerprint density at radius 3 is 2.35 bits per heavy atom. The van der Waals surface area contributed by atoms with Crippen molar-refractivity contribution in [2.75, 3.05) is 0 Å². The molecule has 144 valence electrons. The summed E-state index contributed by atoms with van der Waals surface area (Å²) in [7, 11) is 0. The molecule has 0 radical (unpaired) electrons. The lowest BCUT2D eigenvalue weighted by Gasteiger charge is -2.22. The summed E-state index contributed by atoms with van der Waals surface area (Å²) < 4.78 is 1.95. The van der Waals surface area contributed by atoms with Crippen molar-refractivity contribution in [3.8, 4) is 0 Å². The molecule has 2 N–H and O–H groups in total. The van der Waals surface area contributed by atoms with E-state index in [0.29, 0.717) is 11.5 Å². The molecule has 2 heterocycles. The lowest BCUT2D eigenvalue weighted by atomic mass is 10.1. The Hall–Kier alpha value is -1.85. The fourth-order valence-electron chi connectivity index (χ4n) is 3.97. The number of hydrogen-bond donors (Lipinski definition) is 2. The molecule has 1 aliphatic carbocycles. The highest BCUT2D eigenvalue weighted by Gasteiger charge is 2.29. The minimum Gasteiger partial charge on any atom is -0.348 e. The Morgan fingerprint density at radius 1 is 1.00 bits per heavy atom. The zero-order chi connectivity index (χ0) is 18.7. The molecule has 0 unspecified atom stereocenters. The predicted molar refractivity (Wildman–Crippen MR) is 101 cm³/mol. The van der Waals surface area contributed by atoms with Crippen molar-refractivity contribution in [3.05, 3.63) is 17.2 Å². The van der Waals surface area contributed by atoms with Crippen LogP contribution in [0.15, 0.2) is 0 Å². The van der Waals surface area contributed by atoms with Gasteiger partial charge in [-0.05, 0) is 52.9 Å². The maximum absolute atomic E-state index is 12.9. The first-order valence-electron chi connectivity index (χ1n) is 10.1. The van der Waals surface area contributed by atoms with Crippen LogP contribution in [0.4, 0.5) is 0 Å². The van der Waals surface area contributed by atoms with E-state index >= 15 is 0 Å². The van der Waals surface area contributed by atoms with Crippen LogP contribution in [-0.2, 0) is 13.0 Å². The molecular weight excluding hydrogens is 328 g/mol. The number of carbonyl (C=O) groups is 2. The van der Waals surface area contributed by atoms with Crippen LogP contribution < -0.4 is 10.6 Å². The molecule has 0 aromatic carbocycles. The van der Waals surface area contributed by atoms with Gasteiger partial charge in [-0.2, -0.15) is 0 Å². The van der Waals surface area contributed by atoms with Crippen LogP contribution in [0, 0.1) is 0 Å². The number of imidazole rings is 1. The standard InChI is InChI=1S/C20H32N4O2/c1-20(2,3)23-19(26)17-22-16(15-12-8-9-13-24(15)17)18(25)21-14-10-6-4-5-7-11-14/h14H,4-13H2,1-3H3,(H,21,25)(H,23,26). The van der Waals surface area contributed by atoms with E-state index in [1.54, 1.807) is 0 Å². The first kappa shape index (κ1) is 18.9. The van der Waals surface area contributed by atoms with Gasteiger partial charge < -0.3 is 15.2 Å². The molecule has 26 heavy (non-hydrogen) atoms. The average Bonchev–Trinajstić information content (AvgIpc) is 2.77. The van der Waals surface area contributed by atoms with Gasteiger partial charge in [0.1, 0.15) is 5.69 Å². The van der Waals surface area contributed by atoms with Gasteiger partial charge in [0.25, 0.3) is 11.8 Å². The van der Waals surface area contributed by atoms with Crippen LogP contribution in [0.25, 0.3) is 0 Å². The van der Waals surface area contributed by atoms with E-state index in [9.17, 15) is 9.59 Å². The Morgan fingerprint density at radius 2 is 1.69 bits per heavy atom. The summed E-state index contributed by atoms with van der Waals surface area (Å²) in [5.41, 5.74) is 1.04. The van der Waals surface area contributed by atoms with E-state index in [1.165, 1.54) is 25.7 Å². The molecule has 1 saturated carbocycles. The van der Waals surface area contributed by atoms with Gasteiger partial charge in [-0.3, -0.25) is 9.59 Å². The van der Waals surface area contributed by atoms with Gasteiger partial charge in [0.15, 0.2) is 5.82 Å². The Kier molecular flexibility index (Phi) is 5.68. The molecule has 6 nitrogen and oxygen atoms in total. The summed E-state index contributed by atoms with van der Waals surface area (Å²) in [5.74, 6) is 0.0622. The fourth-order valence-corrected chi connectivity index (χ4v) is 3.97. The van der Waals surface area contributed by atoms with E-state index in [0.717, 1.165) is 44.3 Å². The molecule has 1 aromatic rings. The quantitative estimate of drug-likeness (QED) is 0.813. The maximum Gasteiger partial charge on any atom is 0.287 e. The molecular formula is C20H32N4O2. The van der Waals surface area contributed by atoms with Gasteiger partial charge in [-0.15, -0.1) is 0 Å². The fraction of sp³-hybridized carbons (Fsp3) is 0.750. The molecule has 1 fully saturated rings. The first-order chi connectivity index (χ1) is 12.3.